The molecule has 10 heteroatoms. The zero-order chi connectivity index (χ0) is 25.6. The second-order valence-corrected chi connectivity index (χ2v) is 11.3. The van der Waals surface area contributed by atoms with Gasteiger partial charge in [0.15, 0.2) is 0 Å². The SMILES string of the molecule is CC(C(=O)NC1CCCCC1)N(Cc1ccc(Cl)cc1)C(=O)CN(c1ccc(F)cc1)S(C)(=O)=O. The topological polar surface area (TPSA) is 86.8 Å². The van der Waals surface area contributed by atoms with Crippen LogP contribution < -0.4 is 9.62 Å². The lowest BCUT2D eigenvalue weighted by molar-refractivity contribution is -0.139. The molecule has 7 nitrogen and oxygen atoms in total. The molecular weight excluding hydrogens is 493 g/mol. The molecule has 35 heavy (non-hydrogen) atoms. The van der Waals surface area contributed by atoms with Crippen LogP contribution in [0.4, 0.5) is 10.1 Å². The predicted octanol–water partition coefficient (Wildman–Crippen LogP) is 4.11. The molecule has 0 aromatic heterocycles. The number of sulfonamides is 1. The third kappa shape index (κ3) is 7.67. The zero-order valence-corrected chi connectivity index (χ0v) is 21.5. The minimum absolute atomic E-state index is 0.0675. The lowest BCUT2D eigenvalue weighted by Crippen LogP contribution is -2.52. The van der Waals surface area contributed by atoms with Crippen LogP contribution in [0.5, 0.6) is 0 Å². The molecule has 1 aliphatic rings. The number of halogens is 2. The summed E-state index contributed by atoms with van der Waals surface area (Å²) in [5.41, 5.74) is 0.903. The van der Waals surface area contributed by atoms with E-state index < -0.39 is 34.3 Å². The van der Waals surface area contributed by atoms with Gasteiger partial charge in [0.1, 0.15) is 18.4 Å². The van der Waals surface area contributed by atoms with Gasteiger partial charge in [-0.25, -0.2) is 12.8 Å². The summed E-state index contributed by atoms with van der Waals surface area (Å²) in [6.07, 6.45) is 6.02. The molecule has 0 bridgehead atoms. The molecule has 0 aliphatic heterocycles. The van der Waals surface area contributed by atoms with Crippen LogP contribution in [0.15, 0.2) is 48.5 Å². The lowest BCUT2D eigenvalue weighted by Gasteiger charge is -2.33. The second kappa shape index (κ2) is 11.9. The molecule has 3 rings (SSSR count). The first-order valence-electron chi connectivity index (χ1n) is 11.6. The Labute approximate surface area is 211 Å². The van der Waals surface area contributed by atoms with Crippen LogP contribution in [-0.2, 0) is 26.2 Å². The number of carbonyl (C=O) groups is 2. The van der Waals surface area contributed by atoms with Crippen molar-refractivity contribution in [1.29, 1.82) is 0 Å². The molecule has 0 radical (unpaired) electrons. The third-order valence-electron chi connectivity index (χ3n) is 6.18. The molecule has 0 heterocycles. The minimum Gasteiger partial charge on any atom is -0.352 e. The molecule has 1 saturated carbocycles. The Bertz CT molecular complexity index is 1120. The Morgan fingerprint density at radius 3 is 2.23 bits per heavy atom. The van der Waals surface area contributed by atoms with E-state index in [1.54, 1.807) is 31.2 Å². The van der Waals surface area contributed by atoms with E-state index in [1.807, 2.05) is 0 Å². The van der Waals surface area contributed by atoms with E-state index in [9.17, 15) is 22.4 Å². The molecule has 1 unspecified atom stereocenters. The standard InChI is InChI=1S/C25H31ClFN3O4S/c1-18(25(32)28-22-6-4-3-5-7-22)29(16-19-8-10-20(26)11-9-19)24(31)17-30(35(2,33)34)23-14-12-21(27)13-15-23/h8-15,18,22H,3-7,16-17H2,1-2H3,(H,28,32). The molecule has 2 amide bonds. The van der Waals surface area contributed by atoms with Crippen molar-refractivity contribution in [3.8, 4) is 0 Å². The quantitative estimate of drug-likeness (QED) is 0.536. The second-order valence-electron chi connectivity index (χ2n) is 8.91. The van der Waals surface area contributed by atoms with E-state index in [0.717, 1.165) is 60.4 Å². The monoisotopic (exact) mass is 523 g/mol. The summed E-state index contributed by atoms with van der Waals surface area (Å²) in [6, 6.07) is 11.0. The van der Waals surface area contributed by atoms with Crippen molar-refractivity contribution in [2.75, 3.05) is 17.1 Å². The Hall–Kier alpha value is -2.65. The average molecular weight is 524 g/mol. The van der Waals surface area contributed by atoms with Crippen LogP contribution >= 0.6 is 11.6 Å². The number of hydrogen-bond acceptors (Lipinski definition) is 4. The summed E-state index contributed by atoms with van der Waals surface area (Å²) < 4.78 is 39.3. The molecule has 0 saturated heterocycles. The van der Waals surface area contributed by atoms with Gasteiger partial charge in [0.05, 0.1) is 11.9 Å². The van der Waals surface area contributed by atoms with Crippen molar-refractivity contribution >= 4 is 39.1 Å². The van der Waals surface area contributed by atoms with Crippen LogP contribution in [0, 0.1) is 5.82 Å². The van der Waals surface area contributed by atoms with Crippen LogP contribution in [0.25, 0.3) is 0 Å². The summed E-state index contributed by atoms with van der Waals surface area (Å²) in [5, 5.41) is 3.58. The normalized spacial score (nSPS) is 15.3. The van der Waals surface area contributed by atoms with Gasteiger partial charge in [0.2, 0.25) is 21.8 Å². The first-order valence-corrected chi connectivity index (χ1v) is 13.8. The summed E-state index contributed by atoms with van der Waals surface area (Å²) >= 11 is 5.99. The van der Waals surface area contributed by atoms with Gasteiger partial charge in [0, 0.05) is 17.6 Å². The Balaban J connectivity index is 1.85. The number of hydrogen-bond donors (Lipinski definition) is 1. The largest absolute Gasteiger partial charge is 0.352 e. The summed E-state index contributed by atoms with van der Waals surface area (Å²) in [4.78, 5) is 27.9. The maximum atomic E-state index is 13.5. The number of rotatable bonds is 9. The highest BCUT2D eigenvalue weighted by molar-refractivity contribution is 7.92. The molecule has 190 valence electrons. The molecule has 2 aromatic rings. The third-order valence-corrected chi connectivity index (χ3v) is 7.57. The van der Waals surface area contributed by atoms with Crippen LogP contribution in [-0.4, -0.2) is 50.0 Å². The Morgan fingerprint density at radius 2 is 1.66 bits per heavy atom. The smallest absolute Gasteiger partial charge is 0.244 e. The molecule has 1 atom stereocenters. The van der Waals surface area contributed by atoms with Gasteiger partial charge in [0.25, 0.3) is 0 Å². The molecular formula is C25H31ClFN3O4S. The molecule has 0 spiro atoms. The molecule has 1 fully saturated rings. The molecule has 1 N–H and O–H groups in total. The van der Waals surface area contributed by atoms with Gasteiger partial charge < -0.3 is 10.2 Å². The van der Waals surface area contributed by atoms with Gasteiger partial charge in [-0.05, 0) is 61.7 Å². The zero-order valence-electron chi connectivity index (χ0n) is 19.9. The van der Waals surface area contributed by atoms with Crippen molar-refractivity contribution in [2.45, 2.75) is 57.7 Å². The maximum Gasteiger partial charge on any atom is 0.244 e. The summed E-state index contributed by atoms with van der Waals surface area (Å²) in [7, 11) is -3.86. The maximum absolute atomic E-state index is 13.5. The first-order chi connectivity index (χ1) is 16.5. The van der Waals surface area contributed by atoms with Gasteiger partial charge in [-0.15, -0.1) is 0 Å². The molecule has 2 aromatic carbocycles. The van der Waals surface area contributed by atoms with E-state index in [4.69, 9.17) is 11.6 Å². The number of carbonyl (C=O) groups excluding carboxylic acids is 2. The average Bonchev–Trinajstić information content (AvgIpc) is 2.82. The van der Waals surface area contributed by atoms with Crippen molar-refractivity contribution in [3.05, 3.63) is 64.9 Å². The van der Waals surface area contributed by atoms with Crippen molar-refractivity contribution < 1.29 is 22.4 Å². The fraction of sp³-hybridized carbons (Fsp3) is 0.440. The van der Waals surface area contributed by atoms with Crippen molar-refractivity contribution in [2.24, 2.45) is 0 Å². The van der Waals surface area contributed by atoms with Crippen LogP contribution in [0.2, 0.25) is 5.02 Å². The number of benzene rings is 2. The highest BCUT2D eigenvalue weighted by Crippen LogP contribution is 2.21. The summed E-state index contributed by atoms with van der Waals surface area (Å²) in [6.45, 7) is 1.20. The van der Waals surface area contributed by atoms with E-state index in [1.165, 1.54) is 17.0 Å². The Kier molecular flexibility index (Phi) is 9.13. The lowest BCUT2D eigenvalue weighted by atomic mass is 9.95. The highest BCUT2D eigenvalue weighted by Gasteiger charge is 2.31. The molecule has 1 aliphatic carbocycles. The van der Waals surface area contributed by atoms with Crippen molar-refractivity contribution in [3.63, 3.8) is 0 Å². The van der Waals surface area contributed by atoms with Gasteiger partial charge in [-0.2, -0.15) is 0 Å². The highest BCUT2D eigenvalue weighted by atomic mass is 35.5. The van der Waals surface area contributed by atoms with Crippen LogP contribution in [0.1, 0.15) is 44.6 Å². The van der Waals surface area contributed by atoms with Gasteiger partial charge in [-0.1, -0.05) is 43.0 Å². The number of amides is 2. The van der Waals surface area contributed by atoms with Crippen LogP contribution in [0.3, 0.4) is 0 Å². The minimum atomic E-state index is -3.86. The fourth-order valence-electron chi connectivity index (χ4n) is 4.16. The van der Waals surface area contributed by atoms with Gasteiger partial charge in [-0.3, -0.25) is 13.9 Å². The summed E-state index contributed by atoms with van der Waals surface area (Å²) in [5.74, 6) is -1.36. The fourth-order valence-corrected chi connectivity index (χ4v) is 5.13. The van der Waals surface area contributed by atoms with E-state index in [2.05, 4.69) is 5.32 Å². The van der Waals surface area contributed by atoms with E-state index in [-0.39, 0.29) is 24.2 Å². The number of nitrogens with one attached hydrogen (secondary N) is 1. The van der Waals surface area contributed by atoms with E-state index in [0.29, 0.717) is 5.02 Å². The predicted molar refractivity (Wildman–Crippen MR) is 135 cm³/mol. The Morgan fingerprint density at radius 1 is 1.06 bits per heavy atom. The van der Waals surface area contributed by atoms with E-state index >= 15 is 0 Å². The number of nitrogens with zero attached hydrogens (tertiary/aromatic N) is 2. The van der Waals surface area contributed by atoms with Gasteiger partial charge >= 0.3 is 0 Å². The first kappa shape index (κ1) is 26.9. The number of anilines is 1. The van der Waals surface area contributed by atoms with Crippen molar-refractivity contribution in [1.82, 2.24) is 10.2 Å².